The molecule has 2 heterocycles. The summed E-state index contributed by atoms with van der Waals surface area (Å²) >= 11 is 0. The van der Waals surface area contributed by atoms with E-state index in [9.17, 15) is 0 Å². The van der Waals surface area contributed by atoms with Crippen LogP contribution < -0.4 is 5.32 Å². The molecule has 3 heteroatoms. The second-order valence-corrected chi connectivity index (χ2v) is 5.59. The standard InChI is InChI=1S/C12H22N2O/c15-8-12-10-6-14(7-11(10)12)5-9-1-3-13-4-2-9/h9-13,15H,1-8H2. The van der Waals surface area contributed by atoms with Crippen LogP contribution in [0.1, 0.15) is 12.8 Å². The van der Waals surface area contributed by atoms with Crippen LogP contribution in [0.15, 0.2) is 0 Å². The number of piperidine rings is 2. The van der Waals surface area contributed by atoms with Gasteiger partial charge in [0.15, 0.2) is 0 Å². The van der Waals surface area contributed by atoms with Crippen LogP contribution in [0.2, 0.25) is 0 Å². The zero-order chi connectivity index (χ0) is 10.3. The molecule has 2 unspecified atom stereocenters. The molecule has 0 aromatic rings. The molecule has 0 spiro atoms. The van der Waals surface area contributed by atoms with Crippen molar-refractivity contribution in [1.82, 2.24) is 10.2 Å². The Labute approximate surface area is 91.8 Å². The fourth-order valence-electron chi connectivity index (χ4n) is 3.59. The summed E-state index contributed by atoms with van der Waals surface area (Å²) in [6.45, 7) is 6.69. The number of hydrogen-bond acceptors (Lipinski definition) is 3. The molecule has 3 fully saturated rings. The molecule has 0 amide bonds. The molecule has 2 aliphatic heterocycles. The molecule has 0 aromatic heterocycles. The lowest BCUT2D eigenvalue weighted by Crippen LogP contribution is -2.36. The minimum absolute atomic E-state index is 0.427. The summed E-state index contributed by atoms with van der Waals surface area (Å²) in [5.41, 5.74) is 0. The molecule has 0 bridgehead atoms. The van der Waals surface area contributed by atoms with Crippen molar-refractivity contribution in [2.24, 2.45) is 23.7 Å². The number of hydrogen-bond donors (Lipinski definition) is 2. The van der Waals surface area contributed by atoms with Crippen LogP contribution >= 0.6 is 0 Å². The number of likely N-dealkylation sites (tertiary alicyclic amines) is 1. The molecule has 1 aliphatic carbocycles. The monoisotopic (exact) mass is 210 g/mol. The molecule has 0 aromatic carbocycles. The SMILES string of the molecule is OCC1C2CN(CC3CCNCC3)CC12. The maximum Gasteiger partial charge on any atom is 0.0465 e. The van der Waals surface area contributed by atoms with Gasteiger partial charge in [-0.3, -0.25) is 0 Å². The average Bonchev–Trinajstić information content (AvgIpc) is 2.75. The van der Waals surface area contributed by atoms with Crippen LogP contribution in [-0.4, -0.2) is 49.3 Å². The van der Waals surface area contributed by atoms with Gasteiger partial charge in [-0.05, 0) is 49.6 Å². The molecule has 2 saturated heterocycles. The van der Waals surface area contributed by atoms with Crippen molar-refractivity contribution in [1.29, 1.82) is 0 Å². The van der Waals surface area contributed by atoms with Gasteiger partial charge >= 0.3 is 0 Å². The Morgan fingerprint density at radius 3 is 2.40 bits per heavy atom. The first kappa shape index (κ1) is 10.1. The number of fused-ring (bicyclic) bond motifs is 1. The Hall–Kier alpha value is -0.120. The highest BCUT2D eigenvalue weighted by Gasteiger charge is 2.54. The Bertz CT molecular complexity index is 216. The summed E-state index contributed by atoms with van der Waals surface area (Å²) in [6.07, 6.45) is 2.71. The van der Waals surface area contributed by atoms with E-state index >= 15 is 0 Å². The molecule has 3 nitrogen and oxygen atoms in total. The first-order chi connectivity index (χ1) is 7.38. The topological polar surface area (TPSA) is 35.5 Å². The van der Waals surface area contributed by atoms with E-state index in [-0.39, 0.29) is 0 Å². The molecule has 2 N–H and O–H groups in total. The van der Waals surface area contributed by atoms with E-state index in [1.54, 1.807) is 0 Å². The molecule has 3 aliphatic rings. The van der Waals surface area contributed by atoms with Crippen molar-refractivity contribution in [3.63, 3.8) is 0 Å². The Morgan fingerprint density at radius 2 is 1.80 bits per heavy atom. The van der Waals surface area contributed by atoms with Gasteiger partial charge in [0.25, 0.3) is 0 Å². The molecule has 2 atom stereocenters. The summed E-state index contributed by atoms with van der Waals surface area (Å²) in [7, 11) is 0. The van der Waals surface area contributed by atoms with Crippen molar-refractivity contribution >= 4 is 0 Å². The van der Waals surface area contributed by atoms with E-state index in [1.807, 2.05) is 0 Å². The van der Waals surface area contributed by atoms with Crippen molar-refractivity contribution in [3.05, 3.63) is 0 Å². The van der Waals surface area contributed by atoms with Gasteiger partial charge in [0.05, 0.1) is 0 Å². The fraction of sp³-hybridized carbons (Fsp3) is 1.00. The molecule has 86 valence electrons. The van der Waals surface area contributed by atoms with Crippen LogP contribution in [0.4, 0.5) is 0 Å². The summed E-state index contributed by atoms with van der Waals surface area (Å²) in [5.74, 6) is 3.28. The lowest BCUT2D eigenvalue weighted by molar-refractivity contribution is 0.190. The van der Waals surface area contributed by atoms with Crippen molar-refractivity contribution in [2.75, 3.05) is 39.3 Å². The van der Waals surface area contributed by atoms with Crippen molar-refractivity contribution in [2.45, 2.75) is 12.8 Å². The molecular weight excluding hydrogens is 188 g/mol. The number of nitrogens with zero attached hydrogens (tertiary/aromatic N) is 1. The van der Waals surface area contributed by atoms with Crippen LogP contribution in [-0.2, 0) is 0 Å². The van der Waals surface area contributed by atoms with Crippen molar-refractivity contribution < 1.29 is 5.11 Å². The summed E-state index contributed by atoms with van der Waals surface area (Å²) in [5, 5.41) is 12.5. The van der Waals surface area contributed by atoms with Gasteiger partial charge in [0, 0.05) is 26.2 Å². The fourth-order valence-corrected chi connectivity index (χ4v) is 3.59. The number of rotatable bonds is 3. The van der Waals surface area contributed by atoms with E-state index in [4.69, 9.17) is 5.11 Å². The summed E-state index contributed by atoms with van der Waals surface area (Å²) < 4.78 is 0. The quantitative estimate of drug-likeness (QED) is 0.696. The van der Waals surface area contributed by atoms with E-state index < -0.39 is 0 Å². The normalized spacial score (nSPS) is 41.8. The first-order valence-corrected chi connectivity index (χ1v) is 6.42. The highest BCUT2D eigenvalue weighted by atomic mass is 16.3. The lowest BCUT2D eigenvalue weighted by atomic mass is 9.97. The predicted octanol–water partition coefficient (Wildman–Crippen LogP) is 0.156. The van der Waals surface area contributed by atoms with Crippen molar-refractivity contribution in [3.8, 4) is 0 Å². The highest BCUT2D eigenvalue weighted by Crippen LogP contribution is 2.51. The Balaban J connectivity index is 1.43. The molecule has 0 radical (unpaired) electrons. The third-order valence-corrected chi connectivity index (χ3v) is 4.63. The van der Waals surface area contributed by atoms with Crippen LogP contribution in [0.25, 0.3) is 0 Å². The average molecular weight is 210 g/mol. The van der Waals surface area contributed by atoms with Crippen LogP contribution in [0.3, 0.4) is 0 Å². The minimum Gasteiger partial charge on any atom is -0.396 e. The second-order valence-electron chi connectivity index (χ2n) is 5.59. The molecule has 1 saturated carbocycles. The van der Waals surface area contributed by atoms with Gasteiger partial charge in [0.2, 0.25) is 0 Å². The van der Waals surface area contributed by atoms with Crippen LogP contribution in [0, 0.1) is 23.7 Å². The molecule has 15 heavy (non-hydrogen) atoms. The maximum absolute atomic E-state index is 9.09. The highest BCUT2D eigenvalue weighted by molar-refractivity contribution is 5.04. The van der Waals surface area contributed by atoms with E-state index in [0.717, 1.165) is 17.8 Å². The number of aliphatic hydroxyl groups excluding tert-OH is 1. The third-order valence-electron chi connectivity index (χ3n) is 4.63. The second kappa shape index (κ2) is 4.04. The number of aliphatic hydroxyl groups is 1. The smallest absolute Gasteiger partial charge is 0.0465 e. The van der Waals surface area contributed by atoms with E-state index in [0.29, 0.717) is 12.5 Å². The summed E-state index contributed by atoms with van der Waals surface area (Å²) in [6, 6.07) is 0. The van der Waals surface area contributed by atoms with Gasteiger partial charge in [-0.1, -0.05) is 0 Å². The largest absolute Gasteiger partial charge is 0.396 e. The summed E-state index contributed by atoms with van der Waals surface area (Å²) in [4.78, 5) is 2.64. The minimum atomic E-state index is 0.427. The van der Waals surface area contributed by atoms with E-state index in [1.165, 1.54) is 45.6 Å². The van der Waals surface area contributed by atoms with Gasteiger partial charge in [-0.25, -0.2) is 0 Å². The van der Waals surface area contributed by atoms with Gasteiger partial charge in [-0.15, -0.1) is 0 Å². The van der Waals surface area contributed by atoms with Crippen LogP contribution in [0.5, 0.6) is 0 Å². The lowest BCUT2D eigenvalue weighted by Gasteiger charge is -2.28. The maximum atomic E-state index is 9.09. The predicted molar refractivity (Wildman–Crippen MR) is 59.6 cm³/mol. The zero-order valence-corrected chi connectivity index (χ0v) is 9.36. The van der Waals surface area contributed by atoms with Gasteiger partial charge in [0.1, 0.15) is 0 Å². The molecule has 3 rings (SSSR count). The number of nitrogens with one attached hydrogen (secondary N) is 1. The Morgan fingerprint density at radius 1 is 1.13 bits per heavy atom. The Kier molecular flexibility index (Phi) is 2.71. The van der Waals surface area contributed by atoms with Gasteiger partial charge < -0.3 is 15.3 Å². The zero-order valence-electron chi connectivity index (χ0n) is 9.36. The first-order valence-electron chi connectivity index (χ1n) is 6.42. The third kappa shape index (κ3) is 1.93. The molecular formula is C12H22N2O. The van der Waals surface area contributed by atoms with E-state index in [2.05, 4.69) is 10.2 Å². The van der Waals surface area contributed by atoms with Gasteiger partial charge in [-0.2, -0.15) is 0 Å².